The SMILES string of the molecule is CC(C)c1cc(=O)c2cccc([N+](=O)[O-])c2[nH]1. The summed E-state index contributed by atoms with van der Waals surface area (Å²) in [5.41, 5.74) is 0.749. The normalized spacial score (nSPS) is 11.0. The molecule has 0 radical (unpaired) electrons. The number of nitro benzene ring substituents is 1. The number of H-pyrrole nitrogens is 1. The molecule has 0 aliphatic carbocycles. The van der Waals surface area contributed by atoms with Crippen molar-refractivity contribution in [3.8, 4) is 0 Å². The van der Waals surface area contributed by atoms with Crippen LogP contribution in [-0.2, 0) is 0 Å². The average Bonchev–Trinajstić information content (AvgIpc) is 2.27. The Bertz CT molecular complexity index is 644. The minimum absolute atomic E-state index is 0.0675. The van der Waals surface area contributed by atoms with Gasteiger partial charge in [0.25, 0.3) is 5.69 Å². The van der Waals surface area contributed by atoms with Crippen LogP contribution in [0.2, 0.25) is 0 Å². The van der Waals surface area contributed by atoms with E-state index in [1.165, 1.54) is 18.2 Å². The lowest BCUT2D eigenvalue weighted by atomic mass is 10.1. The van der Waals surface area contributed by atoms with Crippen LogP contribution in [0.3, 0.4) is 0 Å². The molecule has 2 aromatic rings. The van der Waals surface area contributed by atoms with Crippen molar-refractivity contribution in [2.75, 3.05) is 0 Å². The van der Waals surface area contributed by atoms with E-state index in [4.69, 9.17) is 0 Å². The number of hydrogen-bond donors (Lipinski definition) is 1. The zero-order chi connectivity index (χ0) is 12.6. The molecule has 1 heterocycles. The van der Waals surface area contributed by atoms with E-state index in [2.05, 4.69) is 4.98 Å². The summed E-state index contributed by atoms with van der Waals surface area (Å²) in [4.78, 5) is 25.2. The Balaban J connectivity index is 2.88. The Kier molecular flexibility index (Phi) is 2.67. The molecule has 0 unspecified atom stereocenters. The Labute approximate surface area is 97.2 Å². The topological polar surface area (TPSA) is 76.0 Å². The summed E-state index contributed by atoms with van der Waals surface area (Å²) in [6.07, 6.45) is 0. The van der Waals surface area contributed by atoms with Crippen molar-refractivity contribution in [3.63, 3.8) is 0 Å². The number of hydrogen-bond acceptors (Lipinski definition) is 3. The van der Waals surface area contributed by atoms with E-state index in [0.717, 1.165) is 0 Å². The van der Waals surface area contributed by atoms with E-state index < -0.39 is 4.92 Å². The van der Waals surface area contributed by atoms with Crippen molar-refractivity contribution in [1.29, 1.82) is 0 Å². The van der Waals surface area contributed by atoms with Gasteiger partial charge in [-0.3, -0.25) is 14.9 Å². The summed E-state index contributed by atoms with van der Waals surface area (Å²) < 4.78 is 0. The maximum Gasteiger partial charge on any atom is 0.293 e. The molecule has 0 amide bonds. The molecule has 1 aromatic heterocycles. The number of fused-ring (bicyclic) bond motifs is 1. The smallest absolute Gasteiger partial charge is 0.293 e. The molecule has 0 fully saturated rings. The maximum atomic E-state index is 11.8. The first-order valence-corrected chi connectivity index (χ1v) is 5.31. The average molecular weight is 232 g/mol. The molecule has 0 aliphatic heterocycles. The van der Waals surface area contributed by atoms with Crippen molar-refractivity contribution in [2.45, 2.75) is 19.8 Å². The molecule has 17 heavy (non-hydrogen) atoms. The molecule has 88 valence electrons. The van der Waals surface area contributed by atoms with Crippen LogP contribution in [0.4, 0.5) is 5.69 Å². The first kappa shape index (κ1) is 11.3. The van der Waals surface area contributed by atoms with Crippen LogP contribution in [0, 0.1) is 10.1 Å². The first-order valence-electron chi connectivity index (χ1n) is 5.31. The van der Waals surface area contributed by atoms with Gasteiger partial charge in [-0.1, -0.05) is 19.9 Å². The molecule has 5 nitrogen and oxygen atoms in total. The second-order valence-corrected chi connectivity index (χ2v) is 4.20. The molecule has 1 aromatic carbocycles. The van der Waals surface area contributed by atoms with Gasteiger partial charge in [-0.05, 0) is 12.0 Å². The van der Waals surface area contributed by atoms with Crippen molar-refractivity contribution in [3.05, 3.63) is 50.3 Å². The number of nitro groups is 1. The standard InChI is InChI=1S/C12H12N2O3/c1-7(2)9-6-11(15)8-4-3-5-10(14(16)17)12(8)13-9/h3-7H,1-2H3,(H,13,15). The minimum atomic E-state index is -0.484. The molecule has 0 saturated heterocycles. The van der Waals surface area contributed by atoms with E-state index in [0.29, 0.717) is 16.6 Å². The highest BCUT2D eigenvalue weighted by Crippen LogP contribution is 2.23. The largest absolute Gasteiger partial charge is 0.352 e. The fraction of sp³-hybridized carbons (Fsp3) is 0.250. The number of rotatable bonds is 2. The minimum Gasteiger partial charge on any atom is -0.352 e. The van der Waals surface area contributed by atoms with Crippen LogP contribution < -0.4 is 5.43 Å². The van der Waals surface area contributed by atoms with Crippen LogP contribution >= 0.6 is 0 Å². The summed E-state index contributed by atoms with van der Waals surface area (Å²) >= 11 is 0. The van der Waals surface area contributed by atoms with Gasteiger partial charge < -0.3 is 4.98 Å². The van der Waals surface area contributed by atoms with Gasteiger partial charge in [0.15, 0.2) is 5.43 Å². The third-order valence-corrected chi connectivity index (χ3v) is 2.68. The molecular formula is C12H12N2O3. The molecule has 0 spiro atoms. The Morgan fingerprint density at radius 1 is 1.35 bits per heavy atom. The number of aromatic amines is 1. The predicted molar refractivity (Wildman–Crippen MR) is 65.3 cm³/mol. The highest BCUT2D eigenvalue weighted by molar-refractivity contribution is 5.86. The maximum absolute atomic E-state index is 11.8. The Morgan fingerprint density at radius 2 is 2.06 bits per heavy atom. The van der Waals surface area contributed by atoms with Crippen LogP contribution in [0.1, 0.15) is 25.5 Å². The predicted octanol–water partition coefficient (Wildman–Crippen LogP) is 2.56. The highest BCUT2D eigenvalue weighted by Gasteiger charge is 2.15. The number of nitrogens with one attached hydrogen (secondary N) is 1. The summed E-state index contributed by atoms with van der Waals surface area (Å²) in [5.74, 6) is 0.118. The van der Waals surface area contributed by atoms with Crippen LogP contribution in [-0.4, -0.2) is 9.91 Å². The van der Waals surface area contributed by atoms with Gasteiger partial charge in [-0.25, -0.2) is 0 Å². The molecule has 0 atom stereocenters. The van der Waals surface area contributed by atoms with Gasteiger partial charge in [0.2, 0.25) is 0 Å². The van der Waals surface area contributed by atoms with Crippen molar-refractivity contribution in [1.82, 2.24) is 4.98 Å². The second-order valence-electron chi connectivity index (χ2n) is 4.20. The van der Waals surface area contributed by atoms with E-state index in [9.17, 15) is 14.9 Å². The van der Waals surface area contributed by atoms with Crippen LogP contribution in [0.5, 0.6) is 0 Å². The summed E-state index contributed by atoms with van der Waals surface area (Å²) in [5, 5.41) is 11.2. The Hall–Kier alpha value is -2.17. The Morgan fingerprint density at radius 3 is 2.65 bits per heavy atom. The fourth-order valence-electron chi connectivity index (χ4n) is 1.74. The van der Waals surface area contributed by atoms with Gasteiger partial charge >= 0.3 is 0 Å². The molecule has 0 bridgehead atoms. The number of pyridine rings is 1. The van der Waals surface area contributed by atoms with Crippen molar-refractivity contribution < 1.29 is 4.92 Å². The van der Waals surface area contributed by atoms with Gasteiger partial charge in [0.05, 0.1) is 10.3 Å². The van der Waals surface area contributed by atoms with E-state index >= 15 is 0 Å². The molecule has 0 aliphatic rings. The monoisotopic (exact) mass is 232 g/mol. The summed E-state index contributed by atoms with van der Waals surface area (Å²) in [6, 6.07) is 6.00. The lowest BCUT2D eigenvalue weighted by Crippen LogP contribution is -2.07. The van der Waals surface area contributed by atoms with Crippen molar-refractivity contribution >= 4 is 16.6 Å². The third-order valence-electron chi connectivity index (χ3n) is 2.68. The summed E-state index contributed by atoms with van der Waals surface area (Å²) in [6.45, 7) is 3.84. The van der Waals surface area contributed by atoms with E-state index in [1.54, 1.807) is 6.07 Å². The highest BCUT2D eigenvalue weighted by atomic mass is 16.6. The quantitative estimate of drug-likeness (QED) is 0.638. The fourth-order valence-corrected chi connectivity index (χ4v) is 1.74. The van der Waals surface area contributed by atoms with E-state index in [-0.39, 0.29) is 17.0 Å². The first-order chi connectivity index (χ1) is 8.00. The number of non-ortho nitro benzene ring substituents is 1. The van der Waals surface area contributed by atoms with Crippen LogP contribution in [0.25, 0.3) is 10.9 Å². The second kappa shape index (κ2) is 4.01. The van der Waals surface area contributed by atoms with E-state index in [1.807, 2.05) is 13.8 Å². The number of nitrogens with zero attached hydrogens (tertiary/aromatic N) is 1. The third kappa shape index (κ3) is 1.91. The van der Waals surface area contributed by atoms with Gasteiger partial charge in [-0.2, -0.15) is 0 Å². The number of benzene rings is 1. The molecule has 1 N–H and O–H groups in total. The lowest BCUT2D eigenvalue weighted by Gasteiger charge is -2.07. The van der Waals surface area contributed by atoms with Gasteiger partial charge in [0.1, 0.15) is 5.52 Å². The number of aromatic nitrogens is 1. The zero-order valence-electron chi connectivity index (χ0n) is 9.56. The number of para-hydroxylation sites is 1. The van der Waals surface area contributed by atoms with Gasteiger partial charge in [0, 0.05) is 17.8 Å². The zero-order valence-corrected chi connectivity index (χ0v) is 9.56. The molecule has 0 saturated carbocycles. The van der Waals surface area contributed by atoms with Crippen LogP contribution in [0.15, 0.2) is 29.1 Å². The summed E-state index contributed by atoms with van der Waals surface area (Å²) in [7, 11) is 0. The van der Waals surface area contributed by atoms with Gasteiger partial charge in [-0.15, -0.1) is 0 Å². The van der Waals surface area contributed by atoms with Crippen molar-refractivity contribution in [2.24, 2.45) is 0 Å². The lowest BCUT2D eigenvalue weighted by molar-refractivity contribution is -0.383. The molecule has 5 heteroatoms. The molecule has 2 rings (SSSR count). The molecular weight excluding hydrogens is 220 g/mol.